The molecule has 0 saturated heterocycles. The van der Waals surface area contributed by atoms with Gasteiger partial charge in [-0.2, -0.15) is 0 Å². The molecule has 0 atom stereocenters. The molecule has 5 heteroatoms. The largest absolute Gasteiger partial charge is 0.504 e. The second-order valence-electron chi connectivity index (χ2n) is 4.57. The molecule has 0 heterocycles. The maximum atomic E-state index is 9.77. The normalized spacial score (nSPS) is 10.7. The summed E-state index contributed by atoms with van der Waals surface area (Å²) in [6, 6.07) is 8.49. The lowest BCUT2D eigenvalue weighted by Gasteiger charge is -2.07. The van der Waals surface area contributed by atoms with Crippen LogP contribution in [0.25, 0.3) is 12.2 Å². The van der Waals surface area contributed by atoms with Gasteiger partial charge in [-0.15, -0.1) is 0 Å². The van der Waals surface area contributed by atoms with E-state index in [1.54, 1.807) is 26.4 Å². The molecule has 0 amide bonds. The van der Waals surface area contributed by atoms with Crippen LogP contribution in [0.3, 0.4) is 0 Å². The van der Waals surface area contributed by atoms with Crippen molar-refractivity contribution in [3.05, 3.63) is 41.5 Å². The molecule has 2 aromatic rings. The van der Waals surface area contributed by atoms with Gasteiger partial charge in [0, 0.05) is 6.07 Å². The predicted molar refractivity (Wildman–Crippen MR) is 84.8 cm³/mol. The monoisotopic (exact) mass is 302 g/mol. The van der Waals surface area contributed by atoms with Crippen LogP contribution in [0.15, 0.2) is 30.3 Å². The molecule has 0 radical (unpaired) electrons. The minimum atomic E-state index is -0.120. The van der Waals surface area contributed by atoms with E-state index in [4.69, 9.17) is 14.2 Å². The van der Waals surface area contributed by atoms with Crippen molar-refractivity contribution >= 4 is 12.2 Å². The van der Waals surface area contributed by atoms with Gasteiger partial charge in [-0.25, -0.2) is 0 Å². The van der Waals surface area contributed by atoms with Crippen LogP contribution < -0.4 is 14.2 Å². The summed E-state index contributed by atoms with van der Waals surface area (Å²) in [6.07, 6.45) is 3.58. The van der Waals surface area contributed by atoms with Crippen LogP contribution in [0.1, 0.15) is 11.1 Å². The average Bonchev–Trinajstić information content (AvgIpc) is 2.52. The van der Waals surface area contributed by atoms with Gasteiger partial charge < -0.3 is 24.4 Å². The highest BCUT2D eigenvalue weighted by Crippen LogP contribution is 2.37. The Kier molecular flexibility index (Phi) is 4.78. The van der Waals surface area contributed by atoms with E-state index < -0.39 is 0 Å². The predicted octanol–water partition coefficient (Wildman–Crippen LogP) is 3.29. The molecule has 0 spiro atoms. The first kappa shape index (κ1) is 15.6. The summed E-state index contributed by atoms with van der Waals surface area (Å²) in [7, 11) is 4.55. The first-order chi connectivity index (χ1) is 10.6. The number of methoxy groups -OCH3 is 3. The van der Waals surface area contributed by atoms with Crippen molar-refractivity contribution in [2.24, 2.45) is 0 Å². The fraction of sp³-hybridized carbons (Fsp3) is 0.176. The molecule has 2 N–H and O–H groups in total. The summed E-state index contributed by atoms with van der Waals surface area (Å²) in [5, 5.41) is 19.5. The van der Waals surface area contributed by atoms with Crippen LogP contribution >= 0.6 is 0 Å². The quantitative estimate of drug-likeness (QED) is 0.829. The maximum absolute atomic E-state index is 9.77. The lowest BCUT2D eigenvalue weighted by molar-refractivity contribution is 0.344. The number of aromatic hydroxyl groups is 2. The van der Waals surface area contributed by atoms with E-state index in [0.717, 1.165) is 5.56 Å². The minimum absolute atomic E-state index is 0.0557. The van der Waals surface area contributed by atoms with Crippen molar-refractivity contribution in [2.45, 2.75) is 0 Å². The molecular formula is C17H18O5. The topological polar surface area (TPSA) is 68.2 Å². The Bertz CT molecular complexity index is 646. The molecule has 0 aliphatic carbocycles. The standard InChI is InChI=1S/C17H18O5/c1-20-13-6-11(7-14(10-13)21-2)4-5-12-8-15(18)17(22-3)16(19)9-12/h4-10,18-19H,1-3H3. The summed E-state index contributed by atoms with van der Waals surface area (Å²) in [5.41, 5.74) is 1.50. The molecule has 0 saturated carbocycles. The van der Waals surface area contributed by atoms with Crippen LogP contribution in [-0.4, -0.2) is 31.5 Å². The van der Waals surface area contributed by atoms with Gasteiger partial charge >= 0.3 is 0 Å². The number of hydrogen-bond acceptors (Lipinski definition) is 5. The van der Waals surface area contributed by atoms with Crippen LogP contribution in [0.4, 0.5) is 0 Å². The average molecular weight is 302 g/mol. The second kappa shape index (κ2) is 6.76. The molecule has 0 unspecified atom stereocenters. The molecule has 0 aliphatic heterocycles. The number of hydrogen-bond donors (Lipinski definition) is 2. The summed E-state index contributed by atoms with van der Waals surface area (Å²) in [4.78, 5) is 0. The molecule has 22 heavy (non-hydrogen) atoms. The highest BCUT2D eigenvalue weighted by Gasteiger charge is 2.08. The molecule has 2 aromatic carbocycles. The molecule has 2 rings (SSSR count). The van der Waals surface area contributed by atoms with E-state index in [1.807, 2.05) is 18.2 Å². The smallest absolute Gasteiger partial charge is 0.202 e. The first-order valence-corrected chi connectivity index (χ1v) is 6.58. The minimum Gasteiger partial charge on any atom is -0.504 e. The van der Waals surface area contributed by atoms with Gasteiger partial charge in [-0.05, 0) is 35.4 Å². The molecule has 0 fully saturated rings. The number of benzene rings is 2. The van der Waals surface area contributed by atoms with Gasteiger partial charge in [0.15, 0.2) is 11.5 Å². The van der Waals surface area contributed by atoms with E-state index in [9.17, 15) is 10.2 Å². The molecule has 116 valence electrons. The molecule has 0 aromatic heterocycles. The van der Waals surface area contributed by atoms with Crippen molar-refractivity contribution < 1.29 is 24.4 Å². The third kappa shape index (κ3) is 3.44. The summed E-state index contributed by atoms with van der Waals surface area (Å²) >= 11 is 0. The Morgan fingerprint density at radius 3 is 1.55 bits per heavy atom. The lowest BCUT2D eigenvalue weighted by atomic mass is 10.1. The summed E-state index contributed by atoms with van der Waals surface area (Å²) < 4.78 is 15.3. The third-order valence-corrected chi connectivity index (χ3v) is 3.12. The zero-order chi connectivity index (χ0) is 16.1. The first-order valence-electron chi connectivity index (χ1n) is 6.58. The van der Waals surface area contributed by atoms with E-state index >= 15 is 0 Å². The van der Waals surface area contributed by atoms with Gasteiger partial charge in [-0.3, -0.25) is 0 Å². The number of phenols is 2. The molecule has 5 nitrogen and oxygen atoms in total. The van der Waals surface area contributed by atoms with Crippen molar-refractivity contribution in [1.29, 1.82) is 0 Å². The van der Waals surface area contributed by atoms with E-state index in [2.05, 4.69) is 0 Å². The fourth-order valence-electron chi connectivity index (χ4n) is 2.04. The Labute approximate surface area is 129 Å². The van der Waals surface area contributed by atoms with Gasteiger partial charge in [0.25, 0.3) is 0 Å². The number of rotatable bonds is 5. The maximum Gasteiger partial charge on any atom is 0.202 e. The van der Waals surface area contributed by atoms with Gasteiger partial charge in [0.2, 0.25) is 5.75 Å². The molecule has 0 aliphatic rings. The van der Waals surface area contributed by atoms with Crippen LogP contribution in [0, 0.1) is 0 Å². The highest BCUT2D eigenvalue weighted by atomic mass is 16.5. The summed E-state index contributed by atoms with van der Waals surface area (Å²) in [6.45, 7) is 0. The van der Waals surface area contributed by atoms with Crippen molar-refractivity contribution in [3.63, 3.8) is 0 Å². The van der Waals surface area contributed by atoms with Crippen LogP contribution in [-0.2, 0) is 0 Å². The Balaban J connectivity index is 2.32. The van der Waals surface area contributed by atoms with E-state index in [1.165, 1.54) is 19.2 Å². The summed E-state index contributed by atoms with van der Waals surface area (Å²) in [5.74, 6) is 1.18. The molecular weight excluding hydrogens is 284 g/mol. The Morgan fingerprint density at radius 2 is 1.14 bits per heavy atom. The Hall–Kier alpha value is -2.82. The number of phenolic OH excluding ortho intramolecular Hbond substituents is 2. The fourth-order valence-corrected chi connectivity index (χ4v) is 2.04. The third-order valence-electron chi connectivity index (χ3n) is 3.12. The van der Waals surface area contributed by atoms with Gasteiger partial charge in [0.1, 0.15) is 11.5 Å². The zero-order valence-electron chi connectivity index (χ0n) is 12.7. The van der Waals surface area contributed by atoms with Gasteiger partial charge in [0.05, 0.1) is 21.3 Å². The zero-order valence-corrected chi connectivity index (χ0v) is 12.7. The second-order valence-corrected chi connectivity index (χ2v) is 4.57. The van der Waals surface area contributed by atoms with Crippen molar-refractivity contribution in [2.75, 3.05) is 21.3 Å². The van der Waals surface area contributed by atoms with E-state index in [0.29, 0.717) is 17.1 Å². The van der Waals surface area contributed by atoms with Crippen molar-refractivity contribution in [3.8, 4) is 28.7 Å². The van der Waals surface area contributed by atoms with Crippen molar-refractivity contribution in [1.82, 2.24) is 0 Å². The lowest BCUT2D eigenvalue weighted by Crippen LogP contribution is -1.88. The SMILES string of the molecule is COc1cc(C=Cc2cc(O)c(OC)c(O)c2)cc(OC)c1. The molecule has 0 bridgehead atoms. The van der Waals surface area contributed by atoms with Crippen LogP contribution in [0.5, 0.6) is 28.7 Å². The Morgan fingerprint density at radius 1 is 0.682 bits per heavy atom. The van der Waals surface area contributed by atoms with Crippen LogP contribution in [0.2, 0.25) is 0 Å². The van der Waals surface area contributed by atoms with E-state index in [-0.39, 0.29) is 17.2 Å². The number of ether oxygens (including phenoxy) is 3. The highest BCUT2D eigenvalue weighted by molar-refractivity contribution is 5.73. The van der Waals surface area contributed by atoms with Gasteiger partial charge in [-0.1, -0.05) is 12.2 Å².